The lowest BCUT2D eigenvalue weighted by Gasteiger charge is -2.09. The normalized spacial score (nSPS) is 10.7. The monoisotopic (exact) mass is 251 g/mol. The van der Waals surface area contributed by atoms with E-state index in [0.717, 1.165) is 19.0 Å². The summed E-state index contributed by atoms with van der Waals surface area (Å²) >= 11 is 1.74. The number of ether oxygens (including phenoxy) is 1. The minimum atomic E-state index is 0.685. The first kappa shape index (κ1) is 12.1. The second kappa shape index (κ2) is 5.84. The van der Waals surface area contributed by atoms with Gasteiger partial charge in [0.25, 0.3) is 0 Å². The van der Waals surface area contributed by atoms with Gasteiger partial charge in [-0.3, -0.25) is 0 Å². The molecule has 0 saturated heterocycles. The van der Waals surface area contributed by atoms with Crippen LogP contribution in [0.5, 0.6) is 0 Å². The van der Waals surface area contributed by atoms with E-state index in [1.165, 1.54) is 11.1 Å². The highest BCUT2D eigenvalue weighted by molar-refractivity contribution is 7.08. The van der Waals surface area contributed by atoms with Gasteiger partial charge < -0.3 is 14.6 Å². The van der Waals surface area contributed by atoms with Crippen LogP contribution in [0.2, 0.25) is 0 Å². The Bertz CT molecular complexity index is 464. The summed E-state index contributed by atoms with van der Waals surface area (Å²) in [6, 6.07) is 0. The van der Waals surface area contributed by atoms with Crippen molar-refractivity contribution in [3.05, 3.63) is 34.3 Å². The molecule has 0 radical (unpaired) electrons. The van der Waals surface area contributed by atoms with Crippen molar-refractivity contribution >= 4 is 17.3 Å². The van der Waals surface area contributed by atoms with E-state index < -0.39 is 0 Å². The van der Waals surface area contributed by atoms with Crippen molar-refractivity contribution < 1.29 is 4.74 Å². The van der Waals surface area contributed by atoms with Gasteiger partial charge in [0.15, 0.2) is 0 Å². The van der Waals surface area contributed by atoms with Gasteiger partial charge in [0.1, 0.15) is 0 Å². The number of methoxy groups -OCH3 is 1. The Kier molecular flexibility index (Phi) is 4.17. The molecule has 0 unspecified atom stereocenters. The fraction of sp³-hybridized carbons (Fsp3) is 0.417. The Morgan fingerprint density at radius 2 is 2.35 bits per heavy atom. The summed E-state index contributed by atoms with van der Waals surface area (Å²) in [4.78, 5) is 4.30. The summed E-state index contributed by atoms with van der Waals surface area (Å²) in [5.41, 5.74) is 2.69. The Morgan fingerprint density at radius 1 is 1.47 bits per heavy atom. The molecule has 0 aromatic carbocycles. The topological polar surface area (TPSA) is 39.1 Å². The molecule has 92 valence electrons. The fourth-order valence-electron chi connectivity index (χ4n) is 1.60. The molecule has 2 heterocycles. The van der Waals surface area contributed by atoms with Gasteiger partial charge in [-0.1, -0.05) is 0 Å². The van der Waals surface area contributed by atoms with Crippen molar-refractivity contribution in [3.8, 4) is 0 Å². The van der Waals surface area contributed by atoms with Gasteiger partial charge in [-0.25, -0.2) is 4.98 Å². The molecule has 4 nitrogen and oxygen atoms in total. The van der Waals surface area contributed by atoms with Crippen molar-refractivity contribution in [1.29, 1.82) is 0 Å². The van der Waals surface area contributed by atoms with Crippen LogP contribution >= 0.6 is 11.3 Å². The molecule has 1 N–H and O–H groups in total. The smallest absolute Gasteiger partial charge is 0.203 e. The summed E-state index contributed by atoms with van der Waals surface area (Å²) in [6.45, 7) is 4.46. The van der Waals surface area contributed by atoms with Gasteiger partial charge in [-0.15, -0.1) is 0 Å². The van der Waals surface area contributed by atoms with E-state index in [4.69, 9.17) is 4.74 Å². The average molecular weight is 251 g/mol. The van der Waals surface area contributed by atoms with Gasteiger partial charge in [0, 0.05) is 26.0 Å². The largest absolute Gasteiger partial charge is 0.383 e. The molecule has 0 saturated carbocycles. The highest BCUT2D eigenvalue weighted by atomic mass is 32.1. The van der Waals surface area contributed by atoms with Gasteiger partial charge in [0.2, 0.25) is 5.95 Å². The molecule has 17 heavy (non-hydrogen) atoms. The molecule has 0 fully saturated rings. The number of aryl methyl sites for hydroxylation is 1. The maximum Gasteiger partial charge on any atom is 0.203 e. The molecule has 2 rings (SSSR count). The third-order valence-electron chi connectivity index (χ3n) is 2.61. The van der Waals surface area contributed by atoms with Crippen molar-refractivity contribution in [2.24, 2.45) is 0 Å². The van der Waals surface area contributed by atoms with E-state index in [1.54, 1.807) is 18.4 Å². The molecule has 0 aliphatic carbocycles. The van der Waals surface area contributed by atoms with Crippen LogP contribution < -0.4 is 5.32 Å². The predicted octanol–water partition coefficient (Wildman–Crippen LogP) is 2.36. The van der Waals surface area contributed by atoms with E-state index in [-0.39, 0.29) is 0 Å². The molecule has 0 spiro atoms. The van der Waals surface area contributed by atoms with Crippen molar-refractivity contribution in [2.45, 2.75) is 13.5 Å². The lowest BCUT2D eigenvalue weighted by atomic mass is 10.2. The number of imidazole rings is 1. The summed E-state index contributed by atoms with van der Waals surface area (Å²) < 4.78 is 7.12. The summed E-state index contributed by atoms with van der Waals surface area (Å²) in [5.74, 6) is 0.896. The summed E-state index contributed by atoms with van der Waals surface area (Å²) in [6.07, 6.45) is 3.81. The van der Waals surface area contributed by atoms with Crippen LogP contribution in [0.15, 0.2) is 23.2 Å². The second-order valence-electron chi connectivity index (χ2n) is 3.88. The number of rotatable bonds is 6. The average Bonchev–Trinajstić information content (AvgIpc) is 2.91. The highest BCUT2D eigenvalue weighted by Crippen LogP contribution is 2.16. The Morgan fingerprint density at radius 3 is 3.06 bits per heavy atom. The zero-order chi connectivity index (χ0) is 12.1. The van der Waals surface area contributed by atoms with Crippen molar-refractivity contribution in [3.63, 3.8) is 0 Å². The molecule has 0 aliphatic rings. The molecule has 0 bridgehead atoms. The van der Waals surface area contributed by atoms with Crippen LogP contribution in [0.1, 0.15) is 11.1 Å². The Hall–Kier alpha value is -1.33. The maximum absolute atomic E-state index is 5.01. The van der Waals surface area contributed by atoms with Crippen LogP contribution in [0.25, 0.3) is 0 Å². The standard InChI is InChI=1S/C12H17N3OS/c1-10-8-17-9-11(10)7-15-5-3-13-12(15)14-4-6-16-2/h3,5,8-9H,4,6-7H2,1-2H3,(H,13,14). The summed E-state index contributed by atoms with van der Waals surface area (Å²) in [5, 5.41) is 7.62. The molecule has 5 heteroatoms. The number of thiophene rings is 1. The molecule has 0 amide bonds. The predicted molar refractivity (Wildman–Crippen MR) is 70.8 cm³/mol. The van der Waals surface area contributed by atoms with Crippen LogP contribution in [-0.4, -0.2) is 29.8 Å². The second-order valence-corrected chi connectivity index (χ2v) is 4.62. The molecule has 2 aromatic heterocycles. The van der Waals surface area contributed by atoms with E-state index in [9.17, 15) is 0 Å². The quantitative estimate of drug-likeness (QED) is 0.801. The van der Waals surface area contributed by atoms with E-state index >= 15 is 0 Å². The van der Waals surface area contributed by atoms with Crippen LogP contribution in [0.4, 0.5) is 5.95 Å². The van der Waals surface area contributed by atoms with Crippen LogP contribution in [0.3, 0.4) is 0 Å². The minimum absolute atomic E-state index is 0.685. The van der Waals surface area contributed by atoms with E-state index in [2.05, 4.69) is 32.6 Å². The lowest BCUT2D eigenvalue weighted by Crippen LogP contribution is -2.12. The minimum Gasteiger partial charge on any atom is -0.383 e. The van der Waals surface area contributed by atoms with Gasteiger partial charge >= 0.3 is 0 Å². The van der Waals surface area contributed by atoms with Crippen LogP contribution in [-0.2, 0) is 11.3 Å². The number of anilines is 1. The van der Waals surface area contributed by atoms with E-state index in [1.807, 2.05) is 12.4 Å². The number of nitrogens with one attached hydrogen (secondary N) is 1. The van der Waals surface area contributed by atoms with E-state index in [0.29, 0.717) is 6.61 Å². The Labute approximate surface area is 105 Å². The third-order valence-corrected chi connectivity index (χ3v) is 3.52. The lowest BCUT2D eigenvalue weighted by molar-refractivity contribution is 0.210. The Balaban J connectivity index is 2.01. The molecule has 0 atom stereocenters. The molecule has 2 aromatic rings. The number of hydrogen-bond acceptors (Lipinski definition) is 4. The zero-order valence-corrected chi connectivity index (χ0v) is 11.0. The summed E-state index contributed by atoms with van der Waals surface area (Å²) in [7, 11) is 1.70. The number of nitrogens with zero attached hydrogens (tertiary/aromatic N) is 2. The first-order valence-electron chi connectivity index (χ1n) is 5.57. The number of hydrogen-bond donors (Lipinski definition) is 1. The molecular formula is C12H17N3OS. The van der Waals surface area contributed by atoms with Crippen molar-refractivity contribution in [2.75, 3.05) is 25.6 Å². The van der Waals surface area contributed by atoms with Gasteiger partial charge in [-0.2, -0.15) is 11.3 Å². The number of aromatic nitrogens is 2. The fourth-order valence-corrected chi connectivity index (χ4v) is 2.45. The highest BCUT2D eigenvalue weighted by Gasteiger charge is 2.05. The first-order valence-corrected chi connectivity index (χ1v) is 6.51. The maximum atomic E-state index is 5.01. The SMILES string of the molecule is COCCNc1nccn1Cc1cscc1C. The van der Waals surface area contributed by atoms with Crippen LogP contribution in [0, 0.1) is 6.92 Å². The van der Waals surface area contributed by atoms with Crippen molar-refractivity contribution in [1.82, 2.24) is 9.55 Å². The molecular weight excluding hydrogens is 234 g/mol. The third kappa shape index (κ3) is 3.08. The van der Waals surface area contributed by atoms with Gasteiger partial charge in [-0.05, 0) is 28.8 Å². The molecule has 0 aliphatic heterocycles. The van der Waals surface area contributed by atoms with Gasteiger partial charge in [0.05, 0.1) is 13.2 Å². The zero-order valence-electron chi connectivity index (χ0n) is 10.1. The first-order chi connectivity index (χ1) is 8.31.